The molecule has 0 bridgehead atoms. The second-order valence-electron chi connectivity index (χ2n) is 7.43. The molecule has 24 heavy (non-hydrogen) atoms. The Hall–Kier alpha value is -1.11. The minimum atomic E-state index is -3.39. The Kier molecular flexibility index (Phi) is 4.31. The third-order valence-electron chi connectivity index (χ3n) is 5.35. The maximum Gasteiger partial charge on any atom is 0.243 e. The topological polar surface area (TPSA) is 58.6 Å². The van der Waals surface area contributed by atoms with Gasteiger partial charge in [0, 0.05) is 25.6 Å². The Morgan fingerprint density at radius 3 is 2.67 bits per heavy atom. The first-order valence-corrected chi connectivity index (χ1v) is 10.5. The summed E-state index contributed by atoms with van der Waals surface area (Å²) in [6.07, 6.45) is 5.41. The van der Waals surface area contributed by atoms with Gasteiger partial charge in [0.15, 0.2) is 0 Å². The summed E-state index contributed by atoms with van der Waals surface area (Å²) in [6, 6.07) is 5.75. The van der Waals surface area contributed by atoms with Crippen LogP contribution in [0.3, 0.4) is 0 Å². The first-order valence-electron chi connectivity index (χ1n) is 9.05. The van der Waals surface area contributed by atoms with Crippen LogP contribution in [0.2, 0.25) is 0 Å². The van der Waals surface area contributed by atoms with E-state index < -0.39 is 10.0 Å². The number of fused-ring (bicyclic) bond motifs is 1. The van der Waals surface area contributed by atoms with Gasteiger partial charge in [-0.05, 0) is 68.8 Å². The highest BCUT2D eigenvalue weighted by atomic mass is 32.2. The summed E-state index contributed by atoms with van der Waals surface area (Å²) >= 11 is 0. The number of nitrogens with one attached hydrogen (secondary N) is 1. The van der Waals surface area contributed by atoms with Crippen LogP contribution in [0.4, 0.5) is 0 Å². The van der Waals surface area contributed by atoms with Crippen LogP contribution in [-0.2, 0) is 16.4 Å². The molecule has 1 atom stereocenters. The van der Waals surface area contributed by atoms with Gasteiger partial charge in [-0.3, -0.25) is 0 Å². The van der Waals surface area contributed by atoms with Crippen molar-refractivity contribution in [2.24, 2.45) is 5.92 Å². The largest absolute Gasteiger partial charge is 0.490 e. The summed E-state index contributed by atoms with van der Waals surface area (Å²) in [5.41, 5.74) is 1.00. The second kappa shape index (κ2) is 6.32. The van der Waals surface area contributed by atoms with Crippen molar-refractivity contribution in [2.75, 3.05) is 19.6 Å². The summed E-state index contributed by atoms with van der Waals surface area (Å²) in [6.45, 7) is 4.32. The van der Waals surface area contributed by atoms with Crippen molar-refractivity contribution in [1.82, 2.24) is 9.62 Å². The van der Waals surface area contributed by atoms with Gasteiger partial charge in [0.1, 0.15) is 11.9 Å². The van der Waals surface area contributed by atoms with E-state index >= 15 is 0 Å². The van der Waals surface area contributed by atoms with Crippen LogP contribution in [0.5, 0.6) is 5.75 Å². The number of ether oxygens (including phenoxy) is 1. The first-order chi connectivity index (χ1) is 11.5. The minimum absolute atomic E-state index is 0.131. The van der Waals surface area contributed by atoms with Gasteiger partial charge in [0.25, 0.3) is 0 Å². The molecule has 132 valence electrons. The molecule has 4 rings (SSSR count). The van der Waals surface area contributed by atoms with E-state index in [1.54, 1.807) is 22.5 Å². The van der Waals surface area contributed by atoms with Crippen molar-refractivity contribution in [2.45, 2.75) is 56.1 Å². The van der Waals surface area contributed by atoms with E-state index in [9.17, 15) is 8.42 Å². The van der Waals surface area contributed by atoms with E-state index in [2.05, 4.69) is 5.32 Å². The fourth-order valence-corrected chi connectivity index (χ4v) is 5.18. The van der Waals surface area contributed by atoms with E-state index in [-0.39, 0.29) is 6.10 Å². The molecule has 1 aromatic rings. The summed E-state index contributed by atoms with van der Waals surface area (Å²) in [5.74, 6) is 1.69. The maximum atomic E-state index is 12.9. The lowest BCUT2D eigenvalue weighted by molar-refractivity contribution is 0.254. The molecule has 1 saturated carbocycles. The molecule has 1 unspecified atom stereocenters. The lowest BCUT2D eigenvalue weighted by atomic mass is 10.1. The van der Waals surface area contributed by atoms with E-state index in [1.807, 2.05) is 6.92 Å². The van der Waals surface area contributed by atoms with Gasteiger partial charge in [-0.2, -0.15) is 4.31 Å². The molecule has 0 aromatic heterocycles. The number of hydrogen-bond donors (Lipinski definition) is 1. The molecule has 1 N–H and O–H groups in total. The monoisotopic (exact) mass is 350 g/mol. The molecule has 3 aliphatic rings. The standard InChI is InChI=1S/C18H26N2O3S/c1-13-10-15-11-17(4-5-18(15)23-13)24(21,22)20-8-6-16(7-9-20)19-12-14-2-3-14/h4-5,11,13-14,16,19H,2-3,6-10,12H2,1H3. The minimum Gasteiger partial charge on any atom is -0.490 e. The van der Waals surface area contributed by atoms with Crippen molar-refractivity contribution in [3.05, 3.63) is 23.8 Å². The summed E-state index contributed by atoms with van der Waals surface area (Å²) < 4.78 is 33.1. The smallest absolute Gasteiger partial charge is 0.243 e. The molecule has 1 aromatic carbocycles. The molecule has 1 aliphatic carbocycles. The molecule has 0 radical (unpaired) electrons. The van der Waals surface area contributed by atoms with Crippen molar-refractivity contribution in [1.29, 1.82) is 0 Å². The second-order valence-corrected chi connectivity index (χ2v) is 9.37. The van der Waals surface area contributed by atoms with E-state index in [1.165, 1.54) is 12.8 Å². The number of nitrogens with zero attached hydrogens (tertiary/aromatic N) is 1. The molecule has 0 spiro atoms. The maximum absolute atomic E-state index is 12.9. The van der Waals surface area contributed by atoms with E-state index in [4.69, 9.17) is 4.74 Å². The third kappa shape index (κ3) is 3.32. The lowest BCUT2D eigenvalue weighted by Crippen LogP contribution is -2.45. The quantitative estimate of drug-likeness (QED) is 0.884. The van der Waals surface area contributed by atoms with Crippen molar-refractivity contribution < 1.29 is 13.2 Å². The summed E-state index contributed by atoms with van der Waals surface area (Å²) in [7, 11) is -3.39. The molecule has 2 fully saturated rings. The Labute approximate surface area is 144 Å². The Bertz CT molecular complexity index is 707. The highest BCUT2D eigenvalue weighted by Crippen LogP contribution is 2.32. The average molecular weight is 350 g/mol. The molecule has 2 aliphatic heterocycles. The zero-order chi connectivity index (χ0) is 16.7. The van der Waals surface area contributed by atoms with Gasteiger partial charge in [-0.25, -0.2) is 8.42 Å². The lowest BCUT2D eigenvalue weighted by Gasteiger charge is -2.31. The Morgan fingerprint density at radius 2 is 1.96 bits per heavy atom. The number of benzene rings is 1. The Morgan fingerprint density at radius 1 is 1.21 bits per heavy atom. The van der Waals surface area contributed by atoms with Gasteiger partial charge < -0.3 is 10.1 Å². The molecule has 2 heterocycles. The summed E-state index contributed by atoms with van der Waals surface area (Å²) in [4.78, 5) is 0.406. The molecule has 5 nitrogen and oxygen atoms in total. The van der Waals surface area contributed by atoms with Crippen molar-refractivity contribution in [3.8, 4) is 5.75 Å². The predicted molar refractivity (Wildman–Crippen MR) is 92.7 cm³/mol. The van der Waals surface area contributed by atoms with Crippen LogP contribution in [0.15, 0.2) is 23.1 Å². The summed E-state index contributed by atoms with van der Waals surface area (Å²) in [5, 5.41) is 3.60. The van der Waals surface area contributed by atoms with Crippen LogP contribution < -0.4 is 10.1 Å². The van der Waals surface area contributed by atoms with Gasteiger partial charge >= 0.3 is 0 Å². The third-order valence-corrected chi connectivity index (χ3v) is 7.25. The highest BCUT2D eigenvalue weighted by Gasteiger charge is 2.31. The number of piperidine rings is 1. The van der Waals surface area contributed by atoms with Crippen LogP contribution >= 0.6 is 0 Å². The fourth-order valence-electron chi connectivity index (χ4n) is 3.66. The molecule has 1 saturated heterocycles. The molecule has 6 heteroatoms. The van der Waals surface area contributed by atoms with Crippen LogP contribution in [-0.4, -0.2) is 44.5 Å². The van der Waals surface area contributed by atoms with Gasteiger partial charge in [-0.15, -0.1) is 0 Å². The number of hydrogen-bond acceptors (Lipinski definition) is 4. The predicted octanol–water partition coefficient (Wildman–Crippen LogP) is 2.16. The van der Waals surface area contributed by atoms with Gasteiger partial charge in [0.2, 0.25) is 10.0 Å². The normalized spacial score (nSPS) is 25.5. The zero-order valence-corrected chi connectivity index (χ0v) is 15.0. The van der Waals surface area contributed by atoms with Gasteiger partial charge in [0.05, 0.1) is 4.90 Å². The highest BCUT2D eigenvalue weighted by molar-refractivity contribution is 7.89. The first kappa shape index (κ1) is 16.4. The van der Waals surface area contributed by atoms with Crippen molar-refractivity contribution in [3.63, 3.8) is 0 Å². The molecule has 0 amide bonds. The zero-order valence-electron chi connectivity index (χ0n) is 14.2. The average Bonchev–Trinajstić information content (AvgIpc) is 3.32. The van der Waals surface area contributed by atoms with Gasteiger partial charge in [-0.1, -0.05) is 0 Å². The molecular weight excluding hydrogens is 324 g/mol. The fraction of sp³-hybridized carbons (Fsp3) is 0.667. The van der Waals surface area contributed by atoms with Crippen LogP contribution in [0.1, 0.15) is 38.2 Å². The Balaban J connectivity index is 1.41. The molecular formula is C18H26N2O3S. The van der Waals surface area contributed by atoms with Crippen molar-refractivity contribution >= 4 is 10.0 Å². The SMILES string of the molecule is CC1Cc2cc(S(=O)(=O)N3CCC(NCC4CC4)CC3)ccc2O1. The van der Waals surface area contributed by atoms with E-state index in [0.29, 0.717) is 24.0 Å². The number of rotatable bonds is 5. The number of sulfonamides is 1. The van der Waals surface area contributed by atoms with E-state index in [0.717, 1.165) is 43.0 Å². The van der Waals surface area contributed by atoms with Crippen LogP contribution in [0.25, 0.3) is 0 Å². The van der Waals surface area contributed by atoms with Crippen LogP contribution in [0, 0.1) is 5.92 Å².